The molecule has 0 amide bonds. The summed E-state index contributed by atoms with van der Waals surface area (Å²) in [4.78, 5) is 0. The van der Waals surface area contributed by atoms with Gasteiger partial charge in [-0.05, 0) is 38.5 Å². The van der Waals surface area contributed by atoms with Gasteiger partial charge < -0.3 is 4.74 Å². The molecule has 0 aromatic heterocycles. The number of hydrogen-bond donors (Lipinski definition) is 0. The summed E-state index contributed by atoms with van der Waals surface area (Å²) in [6.07, 6.45) is 3.74. The first-order valence-corrected chi connectivity index (χ1v) is 4.29. The van der Waals surface area contributed by atoms with Crippen molar-refractivity contribution in [3.63, 3.8) is 0 Å². The van der Waals surface area contributed by atoms with Crippen LogP contribution in [-0.2, 0) is 4.74 Å². The smallest absolute Gasteiger partial charge is 0.0687 e. The fraction of sp³-hybridized carbons (Fsp3) is 1.00. The van der Waals surface area contributed by atoms with Gasteiger partial charge in [-0.1, -0.05) is 6.92 Å². The lowest BCUT2D eigenvalue weighted by Crippen LogP contribution is -2.28. The zero-order chi connectivity index (χ0) is 8.06. The van der Waals surface area contributed by atoms with Crippen molar-refractivity contribution in [3.05, 3.63) is 0 Å². The molecule has 58 valence electrons. The number of rotatable bonds is 1. The van der Waals surface area contributed by atoms with Gasteiger partial charge in [-0.15, -0.1) is 0 Å². The van der Waals surface area contributed by atoms with E-state index in [4.69, 9.17) is 6.11 Å². The largest absolute Gasteiger partial charge is 0.372 e. The highest BCUT2D eigenvalue weighted by Crippen LogP contribution is 2.49. The summed E-state index contributed by atoms with van der Waals surface area (Å²) in [6, 6.07) is 0. The summed E-state index contributed by atoms with van der Waals surface area (Å²) in [5.74, 6) is 0.523. The van der Waals surface area contributed by atoms with Crippen molar-refractivity contribution in [1.82, 2.24) is 0 Å². The molecule has 1 saturated carbocycles. The highest BCUT2D eigenvalue weighted by atomic mass is 16.5. The Balaban J connectivity index is 2.24. The molecule has 1 saturated heterocycles. The van der Waals surface area contributed by atoms with Crippen LogP contribution in [-0.4, -0.2) is 11.7 Å². The molecule has 1 aliphatic carbocycles. The van der Waals surface area contributed by atoms with Crippen LogP contribution >= 0.6 is 0 Å². The first-order chi connectivity index (χ1) is 5.19. The fourth-order valence-electron chi connectivity index (χ4n) is 2.27. The van der Waals surface area contributed by atoms with Crippen LogP contribution in [0.5, 0.6) is 0 Å². The van der Waals surface area contributed by atoms with E-state index in [0.717, 1.165) is 12.8 Å². The van der Waals surface area contributed by atoms with Gasteiger partial charge in [0, 0.05) is 1.37 Å². The molecule has 0 aromatic carbocycles. The van der Waals surface area contributed by atoms with Gasteiger partial charge in [-0.2, -0.15) is 0 Å². The van der Waals surface area contributed by atoms with Gasteiger partial charge >= 0.3 is 0 Å². The van der Waals surface area contributed by atoms with E-state index in [1.165, 1.54) is 6.42 Å². The Labute approximate surface area is 64.2 Å². The summed E-state index contributed by atoms with van der Waals surface area (Å²) in [6.45, 7) is 4.25. The maximum absolute atomic E-state index is 7.96. The first-order valence-electron chi connectivity index (χ1n) is 4.87. The number of ether oxygens (including phenoxy) is 1. The second-order valence-electron chi connectivity index (χ2n) is 3.61. The van der Waals surface area contributed by atoms with E-state index in [9.17, 15) is 0 Å². The van der Waals surface area contributed by atoms with E-state index in [2.05, 4.69) is 13.8 Å². The third kappa shape index (κ3) is 0.731. The first kappa shape index (κ1) is 5.59. The van der Waals surface area contributed by atoms with Gasteiger partial charge in [0.15, 0.2) is 0 Å². The van der Waals surface area contributed by atoms with Crippen molar-refractivity contribution in [2.75, 3.05) is 0 Å². The highest BCUT2D eigenvalue weighted by Gasteiger charge is 2.48. The van der Waals surface area contributed by atoms with Crippen LogP contribution in [0.25, 0.3) is 0 Å². The SMILES string of the molecule is [3H][C@@H]1[C@@H]2CC[C@@]1(CC)O[C@H]2C. The predicted molar refractivity (Wildman–Crippen MR) is 40.9 cm³/mol. The van der Waals surface area contributed by atoms with Crippen LogP contribution < -0.4 is 0 Å². The summed E-state index contributed by atoms with van der Waals surface area (Å²) in [5.41, 5.74) is -0.0515. The number of hydrogen-bond acceptors (Lipinski definition) is 1. The van der Waals surface area contributed by atoms with Gasteiger partial charge in [-0.25, -0.2) is 0 Å². The molecule has 2 fully saturated rings. The lowest BCUT2D eigenvalue weighted by Gasteiger charge is -2.28. The van der Waals surface area contributed by atoms with Crippen LogP contribution in [0.1, 0.15) is 40.9 Å². The summed E-state index contributed by atoms with van der Waals surface area (Å²) < 4.78 is 13.8. The minimum absolute atomic E-state index is 0.0515. The van der Waals surface area contributed by atoms with Gasteiger partial charge in [0.2, 0.25) is 0 Å². The van der Waals surface area contributed by atoms with Crippen molar-refractivity contribution < 1.29 is 6.11 Å². The molecule has 0 unspecified atom stereocenters. The molecule has 0 radical (unpaired) electrons. The summed E-state index contributed by atoms with van der Waals surface area (Å²) in [5, 5.41) is 0. The molecule has 0 spiro atoms. The molecular formula is C9H16O. The van der Waals surface area contributed by atoms with Crippen molar-refractivity contribution in [3.8, 4) is 0 Å². The molecule has 4 atom stereocenters. The van der Waals surface area contributed by atoms with Crippen LogP contribution in [0, 0.1) is 5.92 Å². The summed E-state index contributed by atoms with van der Waals surface area (Å²) >= 11 is 0. The van der Waals surface area contributed by atoms with E-state index in [1.807, 2.05) is 0 Å². The zero-order valence-electron chi connectivity index (χ0n) is 7.76. The van der Waals surface area contributed by atoms with Gasteiger partial charge in [0.05, 0.1) is 11.7 Å². The monoisotopic (exact) mass is 142 g/mol. The molecule has 0 N–H and O–H groups in total. The van der Waals surface area contributed by atoms with E-state index in [1.54, 1.807) is 0 Å². The molecule has 10 heavy (non-hydrogen) atoms. The Kier molecular flexibility index (Phi) is 1.10. The molecule has 1 nitrogen and oxygen atoms in total. The van der Waals surface area contributed by atoms with Gasteiger partial charge in [0.1, 0.15) is 0 Å². The Morgan fingerprint density at radius 1 is 1.80 bits per heavy atom. The molecular weight excluding hydrogens is 124 g/mol. The Bertz CT molecular complexity index is 171. The minimum Gasteiger partial charge on any atom is -0.372 e. The van der Waals surface area contributed by atoms with E-state index in [-0.39, 0.29) is 12.0 Å². The van der Waals surface area contributed by atoms with Crippen molar-refractivity contribution >= 4 is 0 Å². The normalized spacial score (nSPS) is 61.0. The molecule has 2 aliphatic rings. The molecule has 1 heterocycles. The lowest BCUT2D eigenvalue weighted by molar-refractivity contribution is -0.0636. The summed E-state index contributed by atoms with van der Waals surface area (Å²) in [7, 11) is 0. The predicted octanol–water partition coefficient (Wildman–Crippen LogP) is 2.35. The van der Waals surface area contributed by atoms with Crippen molar-refractivity contribution in [2.45, 2.75) is 51.2 Å². The maximum atomic E-state index is 7.96. The zero-order valence-corrected chi connectivity index (χ0v) is 6.76. The minimum atomic E-state index is -0.0515. The van der Waals surface area contributed by atoms with Crippen molar-refractivity contribution in [2.24, 2.45) is 5.92 Å². The van der Waals surface area contributed by atoms with Crippen LogP contribution in [0.3, 0.4) is 0 Å². The maximum Gasteiger partial charge on any atom is 0.0687 e. The van der Waals surface area contributed by atoms with Crippen LogP contribution in [0.4, 0.5) is 0 Å². The highest BCUT2D eigenvalue weighted by molar-refractivity contribution is 4.98. The Morgan fingerprint density at radius 3 is 2.90 bits per heavy atom. The second kappa shape index (κ2) is 1.97. The quantitative estimate of drug-likeness (QED) is 0.546. The third-order valence-corrected chi connectivity index (χ3v) is 3.04. The lowest BCUT2D eigenvalue weighted by atomic mass is 10.00. The van der Waals surface area contributed by atoms with E-state index in [0.29, 0.717) is 12.0 Å². The van der Waals surface area contributed by atoms with Crippen LogP contribution in [0.2, 0.25) is 0 Å². The standard InChI is InChI=1S/C9H16O/c1-3-9-5-4-8(6-9)7(2)10-9/h7-8H,3-6H2,1-2H3/t7-,8-,9+/m0/s1/i6T/t6-,7+,8+,9-/m1. The average molecular weight is 142 g/mol. The number of fused-ring (bicyclic) bond motifs is 2. The van der Waals surface area contributed by atoms with Gasteiger partial charge in [0.25, 0.3) is 0 Å². The second-order valence-corrected chi connectivity index (χ2v) is 3.61. The van der Waals surface area contributed by atoms with Crippen LogP contribution in [0.15, 0.2) is 0 Å². The molecule has 2 bridgehead atoms. The Hall–Kier alpha value is -0.0400. The molecule has 0 aromatic rings. The Morgan fingerprint density at radius 2 is 2.60 bits per heavy atom. The molecule has 2 rings (SSSR count). The average Bonchev–Trinajstić information content (AvgIpc) is 2.42. The van der Waals surface area contributed by atoms with Gasteiger partial charge in [-0.3, -0.25) is 0 Å². The molecule has 1 heteroatoms. The fourth-order valence-corrected chi connectivity index (χ4v) is 2.27. The van der Waals surface area contributed by atoms with E-state index < -0.39 is 0 Å². The third-order valence-electron chi connectivity index (χ3n) is 3.04. The molecule has 1 aliphatic heterocycles. The topological polar surface area (TPSA) is 9.23 Å². The van der Waals surface area contributed by atoms with Crippen molar-refractivity contribution in [1.29, 1.82) is 0 Å². The van der Waals surface area contributed by atoms with E-state index >= 15 is 0 Å².